The molecule has 0 spiro atoms. The number of amides is 1. The van der Waals surface area contributed by atoms with Crippen molar-refractivity contribution in [3.05, 3.63) is 29.8 Å². The Balaban J connectivity index is 2.03. The highest BCUT2D eigenvalue weighted by Gasteiger charge is 2.33. The van der Waals surface area contributed by atoms with Gasteiger partial charge in [0.05, 0.1) is 6.04 Å². The lowest BCUT2D eigenvalue weighted by Crippen LogP contribution is -2.46. The molecule has 0 saturated heterocycles. The fourth-order valence-electron chi connectivity index (χ4n) is 3.11. The van der Waals surface area contributed by atoms with E-state index in [0.29, 0.717) is 6.04 Å². The molecule has 18 heavy (non-hydrogen) atoms. The van der Waals surface area contributed by atoms with E-state index in [9.17, 15) is 4.79 Å². The summed E-state index contributed by atoms with van der Waals surface area (Å²) in [5, 5.41) is 3.31. The number of benzene rings is 1. The number of para-hydroxylation sites is 1. The summed E-state index contributed by atoms with van der Waals surface area (Å²) in [4.78, 5) is 14.6. The first-order valence-corrected chi connectivity index (χ1v) is 6.92. The highest BCUT2D eigenvalue weighted by Crippen LogP contribution is 2.32. The molecular formula is C15H20N2O. The van der Waals surface area contributed by atoms with Crippen molar-refractivity contribution in [1.29, 1.82) is 0 Å². The van der Waals surface area contributed by atoms with Crippen molar-refractivity contribution in [2.24, 2.45) is 0 Å². The lowest BCUT2D eigenvalue weighted by atomic mass is 10.1. The Morgan fingerprint density at radius 1 is 1.22 bits per heavy atom. The van der Waals surface area contributed by atoms with Crippen molar-refractivity contribution in [3.8, 4) is 0 Å². The van der Waals surface area contributed by atoms with E-state index in [2.05, 4.69) is 22.3 Å². The van der Waals surface area contributed by atoms with E-state index in [1.807, 2.05) is 19.1 Å². The second-order valence-corrected chi connectivity index (χ2v) is 5.38. The summed E-state index contributed by atoms with van der Waals surface area (Å²) in [6.45, 7) is 2.75. The van der Waals surface area contributed by atoms with Gasteiger partial charge in [-0.25, -0.2) is 0 Å². The zero-order chi connectivity index (χ0) is 12.5. The molecule has 3 heteroatoms. The number of carbonyl (C=O) groups excluding carboxylic acids is 1. The molecule has 3 nitrogen and oxygen atoms in total. The maximum Gasteiger partial charge on any atom is 0.244 e. The van der Waals surface area contributed by atoms with Crippen LogP contribution in [0, 0.1) is 0 Å². The van der Waals surface area contributed by atoms with Gasteiger partial charge >= 0.3 is 0 Å². The zero-order valence-corrected chi connectivity index (χ0v) is 10.9. The minimum atomic E-state index is -0.0852. The molecule has 1 atom stereocenters. The average Bonchev–Trinajstić information content (AvgIpc) is 2.87. The Kier molecular flexibility index (Phi) is 3.08. The van der Waals surface area contributed by atoms with Crippen LogP contribution in [0.2, 0.25) is 0 Å². The Bertz CT molecular complexity index is 452. The van der Waals surface area contributed by atoms with Crippen LogP contribution in [0.3, 0.4) is 0 Å². The fraction of sp³-hybridized carbons (Fsp3) is 0.533. The van der Waals surface area contributed by atoms with Crippen LogP contribution in [0.1, 0.15) is 38.2 Å². The lowest BCUT2D eigenvalue weighted by Gasteiger charge is -2.30. The second-order valence-electron chi connectivity index (χ2n) is 5.38. The van der Waals surface area contributed by atoms with Gasteiger partial charge in [-0.15, -0.1) is 0 Å². The molecule has 0 aromatic heterocycles. The van der Waals surface area contributed by atoms with Gasteiger partial charge in [0.25, 0.3) is 0 Å². The van der Waals surface area contributed by atoms with Crippen molar-refractivity contribution in [2.75, 3.05) is 4.90 Å². The quantitative estimate of drug-likeness (QED) is 0.823. The normalized spacial score (nSPS) is 25.1. The SMILES string of the molecule is CC1NCc2ccccc2N(C2CCCC2)C1=O. The average molecular weight is 244 g/mol. The van der Waals surface area contributed by atoms with Gasteiger partial charge in [-0.3, -0.25) is 4.79 Å². The molecule has 1 aliphatic heterocycles. The van der Waals surface area contributed by atoms with Crippen LogP contribution in [0.5, 0.6) is 0 Å². The molecule has 1 saturated carbocycles. The summed E-state index contributed by atoms with van der Waals surface area (Å²) in [5.41, 5.74) is 2.35. The van der Waals surface area contributed by atoms with E-state index >= 15 is 0 Å². The van der Waals surface area contributed by atoms with Crippen LogP contribution in [-0.4, -0.2) is 18.0 Å². The highest BCUT2D eigenvalue weighted by atomic mass is 16.2. The van der Waals surface area contributed by atoms with Gasteiger partial charge in [0, 0.05) is 18.3 Å². The topological polar surface area (TPSA) is 32.3 Å². The van der Waals surface area contributed by atoms with E-state index in [1.165, 1.54) is 18.4 Å². The molecule has 1 aliphatic carbocycles. The summed E-state index contributed by atoms with van der Waals surface area (Å²) in [7, 11) is 0. The maximum atomic E-state index is 12.6. The van der Waals surface area contributed by atoms with Crippen molar-refractivity contribution in [2.45, 2.75) is 51.2 Å². The third-order valence-corrected chi connectivity index (χ3v) is 4.15. The molecule has 0 bridgehead atoms. The lowest BCUT2D eigenvalue weighted by molar-refractivity contribution is -0.120. The predicted octanol–water partition coefficient (Wildman–Crippen LogP) is 2.45. The van der Waals surface area contributed by atoms with E-state index in [1.54, 1.807) is 0 Å². The van der Waals surface area contributed by atoms with Crippen LogP contribution >= 0.6 is 0 Å². The van der Waals surface area contributed by atoms with Gasteiger partial charge in [-0.1, -0.05) is 31.0 Å². The van der Waals surface area contributed by atoms with Crippen LogP contribution in [0.15, 0.2) is 24.3 Å². The minimum Gasteiger partial charge on any atom is -0.308 e. The predicted molar refractivity (Wildman–Crippen MR) is 72.5 cm³/mol. The van der Waals surface area contributed by atoms with Gasteiger partial charge in [0.2, 0.25) is 5.91 Å². The summed E-state index contributed by atoms with van der Waals surface area (Å²) in [6, 6.07) is 8.61. The Morgan fingerprint density at radius 2 is 1.94 bits per heavy atom. The molecule has 0 radical (unpaired) electrons. The van der Waals surface area contributed by atoms with Gasteiger partial charge < -0.3 is 10.2 Å². The van der Waals surface area contributed by atoms with E-state index in [4.69, 9.17) is 0 Å². The third-order valence-electron chi connectivity index (χ3n) is 4.15. The number of hydrogen-bond donors (Lipinski definition) is 1. The van der Waals surface area contributed by atoms with Gasteiger partial charge in [0.1, 0.15) is 0 Å². The summed E-state index contributed by atoms with van der Waals surface area (Å²) in [5.74, 6) is 0.229. The number of fused-ring (bicyclic) bond motifs is 1. The van der Waals surface area contributed by atoms with Crippen molar-refractivity contribution in [1.82, 2.24) is 5.32 Å². The Hall–Kier alpha value is -1.35. The van der Waals surface area contributed by atoms with Gasteiger partial charge in [-0.2, -0.15) is 0 Å². The first-order chi connectivity index (χ1) is 8.77. The molecule has 1 heterocycles. The molecule has 1 aromatic carbocycles. The van der Waals surface area contributed by atoms with E-state index in [-0.39, 0.29) is 11.9 Å². The standard InChI is InChI=1S/C15H20N2O/c1-11-15(18)17(13-7-3-4-8-13)14-9-5-2-6-12(14)10-16-11/h2,5-6,9,11,13,16H,3-4,7-8,10H2,1H3. The Morgan fingerprint density at radius 3 is 2.72 bits per heavy atom. The number of hydrogen-bond acceptors (Lipinski definition) is 2. The fourth-order valence-corrected chi connectivity index (χ4v) is 3.11. The second kappa shape index (κ2) is 4.73. The van der Waals surface area contributed by atoms with Crippen molar-refractivity contribution < 1.29 is 4.79 Å². The van der Waals surface area contributed by atoms with Crippen LogP contribution in [0.25, 0.3) is 0 Å². The number of rotatable bonds is 1. The van der Waals surface area contributed by atoms with Crippen molar-refractivity contribution in [3.63, 3.8) is 0 Å². The monoisotopic (exact) mass is 244 g/mol. The molecule has 1 unspecified atom stereocenters. The van der Waals surface area contributed by atoms with Crippen LogP contribution in [-0.2, 0) is 11.3 Å². The summed E-state index contributed by atoms with van der Waals surface area (Å²) >= 11 is 0. The smallest absolute Gasteiger partial charge is 0.244 e. The number of carbonyl (C=O) groups is 1. The molecule has 3 rings (SSSR count). The molecule has 1 amide bonds. The van der Waals surface area contributed by atoms with Crippen LogP contribution < -0.4 is 10.2 Å². The number of nitrogens with zero attached hydrogens (tertiary/aromatic N) is 1. The first-order valence-electron chi connectivity index (χ1n) is 6.92. The minimum absolute atomic E-state index is 0.0852. The molecule has 1 fully saturated rings. The zero-order valence-electron chi connectivity index (χ0n) is 10.9. The van der Waals surface area contributed by atoms with E-state index < -0.39 is 0 Å². The molecule has 96 valence electrons. The first kappa shape index (κ1) is 11.7. The summed E-state index contributed by atoms with van der Waals surface area (Å²) < 4.78 is 0. The summed E-state index contributed by atoms with van der Waals surface area (Å²) in [6.07, 6.45) is 4.79. The van der Waals surface area contributed by atoms with E-state index in [0.717, 1.165) is 25.1 Å². The number of nitrogens with one attached hydrogen (secondary N) is 1. The third kappa shape index (κ3) is 1.93. The largest absolute Gasteiger partial charge is 0.308 e. The molecular weight excluding hydrogens is 224 g/mol. The molecule has 2 aliphatic rings. The number of anilines is 1. The molecule has 1 aromatic rings. The molecule has 1 N–H and O–H groups in total. The highest BCUT2D eigenvalue weighted by molar-refractivity contribution is 5.98. The van der Waals surface area contributed by atoms with Crippen LogP contribution in [0.4, 0.5) is 5.69 Å². The van der Waals surface area contributed by atoms with Gasteiger partial charge in [0.15, 0.2) is 0 Å². The van der Waals surface area contributed by atoms with Crippen molar-refractivity contribution >= 4 is 11.6 Å². The maximum absolute atomic E-state index is 12.6. The van der Waals surface area contributed by atoms with Gasteiger partial charge in [-0.05, 0) is 31.4 Å². The Labute approximate surface area is 108 Å².